The van der Waals surface area contributed by atoms with Gasteiger partial charge >= 0.3 is 0 Å². The van der Waals surface area contributed by atoms with Crippen LogP contribution < -0.4 is 10.2 Å². The lowest BCUT2D eigenvalue weighted by Gasteiger charge is -2.20. The summed E-state index contributed by atoms with van der Waals surface area (Å²) in [6, 6.07) is 9.46. The lowest BCUT2D eigenvalue weighted by Crippen LogP contribution is -3.12. The van der Waals surface area contributed by atoms with Crippen molar-refractivity contribution < 1.29 is 19.0 Å². The van der Waals surface area contributed by atoms with E-state index in [0.717, 1.165) is 16.4 Å². The first-order chi connectivity index (χ1) is 10.9. The first-order valence-electron chi connectivity index (χ1n) is 7.30. The van der Waals surface area contributed by atoms with Gasteiger partial charge in [0.15, 0.2) is 11.8 Å². The highest BCUT2D eigenvalue weighted by atomic mass is 16.6. The van der Waals surface area contributed by atoms with Gasteiger partial charge in [-0.25, -0.2) is 0 Å². The number of carbonyl (C=O) groups is 1. The average molecular weight is 318 g/mol. The molecule has 0 spiro atoms. The molecule has 1 aromatic heterocycles. The smallest absolute Gasteiger partial charge is 0.292 e. The van der Waals surface area contributed by atoms with Crippen molar-refractivity contribution in [3.05, 3.63) is 58.0 Å². The van der Waals surface area contributed by atoms with Crippen LogP contribution in [0.25, 0.3) is 0 Å². The minimum Gasteiger partial charge on any atom is -0.460 e. The van der Waals surface area contributed by atoms with Crippen LogP contribution in [0.3, 0.4) is 0 Å². The van der Waals surface area contributed by atoms with Gasteiger partial charge < -0.3 is 14.6 Å². The van der Waals surface area contributed by atoms with Gasteiger partial charge in [-0.15, -0.1) is 0 Å². The zero-order chi connectivity index (χ0) is 17.0. The molecule has 23 heavy (non-hydrogen) atoms. The summed E-state index contributed by atoms with van der Waals surface area (Å²) < 4.78 is 5.51. The number of amides is 1. The number of anilines is 1. The molecule has 7 heteroatoms. The number of furan rings is 1. The van der Waals surface area contributed by atoms with Crippen LogP contribution >= 0.6 is 0 Å². The summed E-state index contributed by atoms with van der Waals surface area (Å²) >= 11 is 0. The number of quaternary nitrogens is 1. The maximum absolute atomic E-state index is 12.3. The van der Waals surface area contributed by atoms with Crippen molar-refractivity contribution in [1.29, 1.82) is 0 Å². The molecule has 122 valence electrons. The van der Waals surface area contributed by atoms with E-state index in [4.69, 9.17) is 4.42 Å². The van der Waals surface area contributed by atoms with Crippen LogP contribution in [-0.2, 0) is 11.3 Å². The van der Waals surface area contributed by atoms with E-state index in [1.54, 1.807) is 19.1 Å². The quantitative estimate of drug-likeness (QED) is 0.624. The van der Waals surface area contributed by atoms with Crippen LogP contribution in [0.4, 0.5) is 11.4 Å². The number of hydrogen-bond acceptors (Lipinski definition) is 4. The second kappa shape index (κ2) is 7.06. The Hall–Kier alpha value is -2.67. The van der Waals surface area contributed by atoms with Crippen LogP contribution in [-0.4, -0.2) is 23.9 Å². The fourth-order valence-corrected chi connectivity index (χ4v) is 2.21. The number of rotatable bonds is 6. The van der Waals surface area contributed by atoms with Gasteiger partial charge in [0.2, 0.25) is 0 Å². The van der Waals surface area contributed by atoms with E-state index in [0.29, 0.717) is 6.54 Å². The second-order valence-electron chi connectivity index (χ2n) is 5.52. The third-order valence-corrected chi connectivity index (χ3v) is 3.74. The first-order valence-corrected chi connectivity index (χ1v) is 7.30. The van der Waals surface area contributed by atoms with Gasteiger partial charge in [-0.2, -0.15) is 0 Å². The molecule has 0 saturated carbocycles. The topological polar surface area (TPSA) is 89.8 Å². The number of hydrogen-bond donors (Lipinski definition) is 2. The van der Waals surface area contributed by atoms with E-state index in [9.17, 15) is 14.9 Å². The largest absolute Gasteiger partial charge is 0.460 e. The Kier molecular flexibility index (Phi) is 5.13. The molecular weight excluding hydrogens is 298 g/mol. The molecule has 0 radical (unpaired) electrons. The van der Waals surface area contributed by atoms with Crippen LogP contribution in [0.2, 0.25) is 0 Å². The van der Waals surface area contributed by atoms with Gasteiger partial charge in [-0.05, 0) is 32.0 Å². The minimum absolute atomic E-state index is 0.118. The molecule has 0 aliphatic carbocycles. The van der Waals surface area contributed by atoms with E-state index in [2.05, 4.69) is 5.32 Å². The van der Waals surface area contributed by atoms with Crippen LogP contribution in [0.5, 0.6) is 0 Å². The molecule has 0 saturated heterocycles. The summed E-state index contributed by atoms with van der Waals surface area (Å²) in [5.74, 6) is 1.34. The molecule has 0 aliphatic rings. The number of nitro benzene ring substituents is 1. The maximum atomic E-state index is 12.3. The monoisotopic (exact) mass is 318 g/mol. The molecule has 1 heterocycles. The van der Waals surface area contributed by atoms with Gasteiger partial charge in [0.25, 0.3) is 11.6 Å². The van der Waals surface area contributed by atoms with Crippen LogP contribution in [0.1, 0.15) is 18.4 Å². The van der Waals surface area contributed by atoms with Gasteiger partial charge in [0, 0.05) is 6.07 Å². The number of aryl methyl sites for hydroxylation is 1. The molecule has 2 N–H and O–H groups in total. The van der Waals surface area contributed by atoms with Crippen LogP contribution in [0, 0.1) is 17.0 Å². The SMILES string of the molecule is Cc1ccc(C[NH+](C)[C@@H](C)C(=O)Nc2ccccc2[N+](=O)[O-])o1. The van der Waals surface area contributed by atoms with E-state index < -0.39 is 4.92 Å². The predicted molar refractivity (Wildman–Crippen MR) is 85.2 cm³/mol. The number of carbonyl (C=O) groups excluding carboxylic acids is 1. The number of benzene rings is 1. The normalized spacial score (nSPS) is 13.3. The van der Waals surface area contributed by atoms with Crippen LogP contribution in [0.15, 0.2) is 40.8 Å². The van der Waals surface area contributed by atoms with E-state index in [1.807, 2.05) is 26.1 Å². The van der Waals surface area contributed by atoms with Crippen molar-refractivity contribution in [3.8, 4) is 0 Å². The van der Waals surface area contributed by atoms with Crippen molar-refractivity contribution in [2.24, 2.45) is 0 Å². The number of nitrogens with zero attached hydrogens (tertiary/aromatic N) is 1. The number of nitro groups is 1. The molecule has 1 unspecified atom stereocenters. The molecule has 2 atom stereocenters. The van der Waals surface area contributed by atoms with Crippen molar-refractivity contribution in [2.75, 3.05) is 12.4 Å². The zero-order valence-electron chi connectivity index (χ0n) is 13.3. The Morgan fingerprint density at radius 2 is 2.04 bits per heavy atom. The minimum atomic E-state index is -0.511. The summed E-state index contributed by atoms with van der Waals surface area (Å²) in [5.41, 5.74) is 0.0864. The zero-order valence-corrected chi connectivity index (χ0v) is 13.3. The molecule has 0 aliphatic heterocycles. The molecule has 1 aromatic carbocycles. The Morgan fingerprint density at radius 3 is 2.65 bits per heavy atom. The molecule has 7 nitrogen and oxygen atoms in total. The molecule has 2 rings (SSSR count). The number of para-hydroxylation sites is 2. The third-order valence-electron chi connectivity index (χ3n) is 3.74. The fraction of sp³-hybridized carbons (Fsp3) is 0.312. The average Bonchev–Trinajstić information content (AvgIpc) is 2.91. The maximum Gasteiger partial charge on any atom is 0.292 e. The van der Waals surface area contributed by atoms with Crippen molar-refractivity contribution >= 4 is 17.3 Å². The predicted octanol–water partition coefficient (Wildman–Crippen LogP) is 1.54. The standard InChI is InChI=1S/C16H19N3O4/c1-11-8-9-13(23-11)10-18(3)12(2)16(20)17-14-6-4-5-7-15(14)19(21)22/h4-9,12H,10H2,1-3H3,(H,17,20)/p+1/t12-/m0/s1. The second-order valence-corrected chi connectivity index (χ2v) is 5.52. The van der Waals surface area contributed by atoms with Gasteiger partial charge in [-0.3, -0.25) is 14.9 Å². The Morgan fingerprint density at radius 1 is 1.35 bits per heavy atom. The lowest BCUT2D eigenvalue weighted by atomic mass is 10.2. The summed E-state index contributed by atoms with van der Waals surface area (Å²) in [6.45, 7) is 4.19. The van der Waals surface area contributed by atoms with E-state index in [1.165, 1.54) is 12.1 Å². The highest BCUT2D eigenvalue weighted by Crippen LogP contribution is 2.23. The lowest BCUT2D eigenvalue weighted by molar-refractivity contribution is -0.908. The Bertz CT molecular complexity index is 711. The molecule has 0 fully saturated rings. The van der Waals surface area contributed by atoms with E-state index >= 15 is 0 Å². The third kappa shape index (κ3) is 4.17. The van der Waals surface area contributed by atoms with Crippen molar-refractivity contribution in [2.45, 2.75) is 26.4 Å². The molecular formula is C16H20N3O4+. The van der Waals surface area contributed by atoms with Gasteiger partial charge in [-0.1, -0.05) is 12.1 Å². The highest BCUT2D eigenvalue weighted by Gasteiger charge is 2.25. The highest BCUT2D eigenvalue weighted by molar-refractivity contribution is 5.95. The van der Waals surface area contributed by atoms with E-state index in [-0.39, 0.29) is 23.3 Å². The summed E-state index contributed by atoms with van der Waals surface area (Å²) in [5, 5.41) is 13.6. The molecule has 2 aromatic rings. The first kappa shape index (κ1) is 16.7. The summed E-state index contributed by atoms with van der Waals surface area (Å²) in [6.07, 6.45) is 0. The Balaban J connectivity index is 2.03. The fourth-order valence-electron chi connectivity index (χ4n) is 2.21. The molecule has 0 bridgehead atoms. The molecule has 1 amide bonds. The van der Waals surface area contributed by atoms with Crippen molar-refractivity contribution in [3.63, 3.8) is 0 Å². The number of nitrogens with one attached hydrogen (secondary N) is 2. The Labute approximate surface area is 134 Å². The summed E-state index contributed by atoms with van der Waals surface area (Å²) in [7, 11) is 1.88. The summed E-state index contributed by atoms with van der Waals surface area (Å²) in [4.78, 5) is 23.7. The number of likely N-dealkylation sites (N-methyl/N-ethyl adjacent to an activating group) is 1. The van der Waals surface area contributed by atoms with Gasteiger partial charge in [0.1, 0.15) is 18.0 Å². The van der Waals surface area contributed by atoms with Gasteiger partial charge in [0.05, 0.1) is 12.0 Å². The van der Waals surface area contributed by atoms with Crippen molar-refractivity contribution in [1.82, 2.24) is 0 Å².